The minimum Gasteiger partial charge on any atom is -0.484 e. The van der Waals surface area contributed by atoms with Crippen LogP contribution >= 0.6 is 0 Å². The number of nitrogens with zero attached hydrogens (tertiary/aromatic N) is 1. The van der Waals surface area contributed by atoms with Gasteiger partial charge in [-0.25, -0.2) is 4.79 Å². The number of carbonyl (C=O) groups excluding carboxylic acids is 3. The molecule has 0 saturated carbocycles. The van der Waals surface area contributed by atoms with E-state index in [4.69, 9.17) is 15.2 Å². The molecule has 0 aromatic heterocycles. The highest BCUT2D eigenvalue weighted by molar-refractivity contribution is 6.16. The normalized spacial score (nSPS) is 15.7. The van der Waals surface area contributed by atoms with Gasteiger partial charge in [-0.05, 0) is 37.6 Å². The lowest BCUT2D eigenvalue weighted by molar-refractivity contribution is -0.136. The molecule has 25 heavy (non-hydrogen) atoms. The zero-order chi connectivity index (χ0) is 18.6. The van der Waals surface area contributed by atoms with Gasteiger partial charge >= 0.3 is 5.97 Å². The number of benzene rings is 1. The molecule has 2 rings (SSSR count). The van der Waals surface area contributed by atoms with Gasteiger partial charge in [0, 0.05) is 12.2 Å². The van der Waals surface area contributed by atoms with Crippen molar-refractivity contribution in [3.8, 4) is 5.75 Å². The highest BCUT2D eigenvalue weighted by Crippen LogP contribution is 2.31. The summed E-state index contributed by atoms with van der Waals surface area (Å²) in [5.41, 5.74) is 6.87. The highest BCUT2D eigenvalue weighted by atomic mass is 16.5. The number of amides is 2. The smallest absolute Gasteiger partial charge is 0.340 e. The Balaban J connectivity index is 2.33. The summed E-state index contributed by atoms with van der Waals surface area (Å²) in [4.78, 5) is 36.9. The SMILES string of the molecule is CCN1C(=O)/C(=C\c2ccc(OCC(N)=O)cc2)C(C(=O)OC)=C1C. The monoisotopic (exact) mass is 344 g/mol. The molecule has 0 saturated heterocycles. The van der Waals surface area contributed by atoms with Gasteiger partial charge in [0.1, 0.15) is 5.75 Å². The minimum absolute atomic E-state index is 0.210. The maximum Gasteiger partial charge on any atom is 0.340 e. The quantitative estimate of drug-likeness (QED) is 0.618. The van der Waals surface area contributed by atoms with Crippen LogP contribution in [0.3, 0.4) is 0 Å². The van der Waals surface area contributed by atoms with E-state index < -0.39 is 11.9 Å². The van der Waals surface area contributed by atoms with E-state index in [0.29, 0.717) is 23.6 Å². The fraction of sp³-hybridized carbons (Fsp3) is 0.278. The molecule has 0 spiro atoms. The molecule has 0 fully saturated rings. The number of carbonyl (C=O) groups is 3. The summed E-state index contributed by atoms with van der Waals surface area (Å²) in [5, 5.41) is 0. The zero-order valence-corrected chi connectivity index (χ0v) is 14.4. The number of hydrogen-bond donors (Lipinski definition) is 1. The van der Waals surface area contributed by atoms with E-state index in [1.54, 1.807) is 37.3 Å². The second-order valence-corrected chi connectivity index (χ2v) is 5.38. The van der Waals surface area contributed by atoms with Crippen LogP contribution < -0.4 is 10.5 Å². The number of methoxy groups -OCH3 is 1. The van der Waals surface area contributed by atoms with Gasteiger partial charge in [0.15, 0.2) is 6.61 Å². The van der Waals surface area contributed by atoms with Gasteiger partial charge in [0.05, 0.1) is 18.3 Å². The largest absolute Gasteiger partial charge is 0.484 e. The van der Waals surface area contributed by atoms with Gasteiger partial charge in [-0.2, -0.15) is 0 Å². The summed E-state index contributed by atoms with van der Waals surface area (Å²) in [5.74, 6) is -0.872. The fourth-order valence-corrected chi connectivity index (χ4v) is 2.59. The molecule has 0 atom stereocenters. The van der Waals surface area contributed by atoms with Crippen LogP contribution in [-0.4, -0.2) is 42.9 Å². The average Bonchev–Trinajstić information content (AvgIpc) is 2.83. The molecular formula is C18H20N2O5. The molecule has 1 aromatic carbocycles. The molecule has 2 N–H and O–H groups in total. The number of esters is 1. The van der Waals surface area contributed by atoms with Crippen molar-refractivity contribution in [2.24, 2.45) is 5.73 Å². The molecular weight excluding hydrogens is 324 g/mol. The zero-order valence-electron chi connectivity index (χ0n) is 14.4. The summed E-state index contributed by atoms with van der Waals surface area (Å²) in [6, 6.07) is 6.74. The van der Waals surface area contributed by atoms with Gasteiger partial charge in [-0.3, -0.25) is 9.59 Å². The Morgan fingerprint density at radius 2 is 1.88 bits per heavy atom. The molecule has 0 unspecified atom stereocenters. The summed E-state index contributed by atoms with van der Waals surface area (Å²) >= 11 is 0. The first-order valence-corrected chi connectivity index (χ1v) is 7.73. The maximum atomic E-state index is 12.6. The van der Waals surface area contributed by atoms with Crippen LogP contribution in [0.15, 0.2) is 41.1 Å². The molecule has 1 aromatic rings. The summed E-state index contributed by atoms with van der Waals surface area (Å²) in [6.07, 6.45) is 1.63. The molecule has 7 nitrogen and oxygen atoms in total. The number of allylic oxidation sites excluding steroid dienone is 1. The van der Waals surface area contributed by atoms with Crippen molar-refractivity contribution < 1.29 is 23.9 Å². The van der Waals surface area contributed by atoms with E-state index in [0.717, 1.165) is 0 Å². The summed E-state index contributed by atoms with van der Waals surface area (Å²) < 4.78 is 9.99. The molecule has 0 radical (unpaired) electrons. The lowest BCUT2D eigenvalue weighted by Gasteiger charge is -2.14. The molecule has 2 amide bonds. The molecule has 7 heteroatoms. The number of likely N-dealkylation sites (N-methyl/N-ethyl adjacent to an activating group) is 1. The van der Waals surface area contributed by atoms with Gasteiger partial charge in [0.25, 0.3) is 11.8 Å². The van der Waals surface area contributed by atoms with Crippen LogP contribution in [0.25, 0.3) is 6.08 Å². The third-order valence-corrected chi connectivity index (χ3v) is 3.79. The van der Waals surface area contributed by atoms with Gasteiger partial charge in [-0.15, -0.1) is 0 Å². The lowest BCUT2D eigenvalue weighted by atomic mass is 10.0. The van der Waals surface area contributed by atoms with E-state index in [2.05, 4.69) is 0 Å². The van der Waals surface area contributed by atoms with Crippen LogP contribution in [-0.2, 0) is 19.1 Å². The molecule has 0 bridgehead atoms. The molecule has 1 heterocycles. The highest BCUT2D eigenvalue weighted by Gasteiger charge is 2.36. The third-order valence-electron chi connectivity index (χ3n) is 3.79. The summed E-state index contributed by atoms with van der Waals surface area (Å²) in [6.45, 7) is 3.81. The predicted molar refractivity (Wildman–Crippen MR) is 91.2 cm³/mol. The summed E-state index contributed by atoms with van der Waals surface area (Å²) in [7, 11) is 1.28. The van der Waals surface area contributed by atoms with Crippen LogP contribution in [0.5, 0.6) is 5.75 Å². The lowest BCUT2D eigenvalue weighted by Crippen LogP contribution is -2.24. The number of rotatable bonds is 6. The Hall–Kier alpha value is -3.09. The van der Waals surface area contributed by atoms with Crippen LogP contribution in [0.2, 0.25) is 0 Å². The Bertz CT molecular complexity index is 762. The Morgan fingerprint density at radius 3 is 2.40 bits per heavy atom. The average molecular weight is 344 g/mol. The van der Waals surface area contributed by atoms with E-state index in [-0.39, 0.29) is 23.7 Å². The topological polar surface area (TPSA) is 98.9 Å². The van der Waals surface area contributed by atoms with Crippen molar-refractivity contribution in [1.29, 1.82) is 0 Å². The van der Waals surface area contributed by atoms with E-state index in [1.807, 2.05) is 6.92 Å². The first-order chi connectivity index (χ1) is 11.9. The predicted octanol–water partition coefficient (Wildman–Crippen LogP) is 1.24. The van der Waals surface area contributed by atoms with Crippen molar-refractivity contribution >= 4 is 23.9 Å². The third kappa shape index (κ3) is 3.88. The van der Waals surface area contributed by atoms with Crippen molar-refractivity contribution in [2.75, 3.05) is 20.3 Å². The number of nitrogens with two attached hydrogens (primary N) is 1. The molecule has 1 aliphatic rings. The second kappa shape index (κ2) is 7.65. The van der Waals surface area contributed by atoms with Crippen molar-refractivity contribution in [1.82, 2.24) is 4.90 Å². The van der Waals surface area contributed by atoms with Gasteiger partial charge in [-0.1, -0.05) is 12.1 Å². The molecule has 1 aliphatic heterocycles. The van der Waals surface area contributed by atoms with Crippen molar-refractivity contribution in [3.63, 3.8) is 0 Å². The van der Waals surface area contributed by atoms with E-state index in [1.165, 1.54) is 12.0 Å². The van der Waals surface area contributed by atoms with Gasteiger partial charge in [0.2, 0.25) is 0 Å². The van der Waals surface area contributed by atoms with Gasteiger partial charge < -0.3 is 20.1 Å². The fourth-order valence-electron chi connectivity index (χ4n) is 2.59. The first kappa shape index (κ1) is 18.3. The number of ether oxygens (including phenoxy) is 2. The standard InChI is InChI=1S/C18H20N2O5/c1-4-20-11(2)16(18(23)24-3)14(17(20)22)9-12-5-7-13(8-6-12)25-10-15(19)21/h5-9H,4,10H2,1-3H3,(H2,19,21)/b14-9-. The van der Waals surface area contributed by atoms with E-state index >= 15 is 0 Å². The number of hydrogen-bond acceptors (Lipinski definition) is 5. The number of primary amides is 1. The second-order valence-electron chi connectivity index (χ2n) is 5.38. The van der Waals surface area contributed by atoms with E-state index in [9.17, 15) is 14.4 Å². The van der Waals surface area contributed by atoms with Crippen molar-refractivity contribution in [3.05, 3.63) is 46.7 Å². The molecule has 132 valence electrons. The molecule has 0 aliphatic carbocycles. The Kier molecular flexibility index (Phi) is 5.59. The minimum atomic E-state index is -0.564. The first-order valence-electron chi connectivity index (χ1n) is 7.73. The van der Waals surface area contributed by atoms with Crippen molar-refractivity contribution in [2.45, 2.75) is 13.8 Å². The Labute approximate surface area is 145 Å². The van der Waals surface area contributed by atoms with Crippen LogP contribution in [0, 0.1) is 0 Å². The maximum absolute atomic E-state index is 12.6. The van der Waals surface area contributed by atoms with Crippen LogP contribution in [0.1, 0.15) is 19.4 Å². The Morgan fingerprint density at radius 1 is 1.24 bits per heavy atom. The van der Waals surface area contributed by atoms with Crippen LogP contribution in [0.4, 0.5) is 0 Å².